The van der Waals surface area contributed by atoms with Gasteiger partial charge in [0.05, 0.1) is 6.67 Å². The lowest BCUT2D eigenvalue weighted by atomic mass is 9.82. The fraction of sp³-hybridized carbons (Fsp3) is 0.556. The maximum absolute atomic E-state index is 12.7. The molecule has 0 atom stereocenters. The molecule has 0 aromatic heterocycles. The first-order valence-corrected chi connectivity index (χ1v) is 8.61. The van der Waals surface area contributed by atoms with Crippen LogP contribution in [-0.2, 0) is 4.79 Å². The van der Waals surface area contributed by atoms with Crippen LogP contribution in [0.4, 0.5) is 4.79 Å². The van der Waals surface area contributed by atoms with Crippen LogP contribution in [-0.4, -0.2) is 54.1 Å². The van der Waals surface area contributed by atoms with Gasteiger partial charge < -0.3 is 10.1 Å². The number of rotatable bonds is 6. The lowest BCUT2D eigenvalue weighted by Crippen LogP contribution is -2.49. The van der Waals surface area contributed by atoms with E-state index in [9.17, 15) is 9.59 Å². The minimum Gasteiger partial charge on any atom is -0.492 e. The third-order valence-electron chi connectivity index (χ3n) is 4.82. The van der Waals surface area contributed by atoms with E-state index < -0.39 is 5.54 Å². The Bertz CT molecular complexity index is 584. The van der Waals surface area contributed by atoms with Gasteiger partial charge in [0.1, 0.15) is 17.9 Å². The Morgan fingerprint density at radius 2 is 1.88 bits per heavy atom. The third kappa shape index (κ3) is 3.53. The lowest BCUT2D eigenvalue weighted by molar-refractivity contribution is -0.133. The van der Waals surface area contributed by atoms with Crippen LogP contribution in [0, 0.1) is 0 Å². The summed E-state index contributed by atoms with van der Waals surface area (Å²) in [5, 5.41) is 2.94. The fourth-order valence-corrected chi connectivity index (χ4v) is 3.45. The summed E-state index contributed by atoms with van der Waals surface area (Å²) in [4.78, 5) is 28.2. The molecule has 0 unspecified atom stereocenters. The highest BCUT2D eigenvalue weighted by Crippen LogP contribution is 2.33. The zero-order chi connectivity index (χ0) is 17.0. The number of para-hydroxylation sites is 1. The molecule has 130 valence electrons. The van der Waals surface area contributed by atoms with E-state index in [0.717, 1.165) is 37.9 Å². The molecule has 1 aliphatic heterocycles. The third-order valence-corrected chi connectivity index (χ3v) is 4.82. The second-order valence-corrected chi connectivity index (χ2v) is 6.69. The molecular weight excluding hydrogens is 306 g/mol. The van der Waals surface area contributed by atoms with Crippen molar-refractivity contribution < 1.29 is 14.3 Å². The van der Waals surface area contributed by atoms with Crippen molar-refractivity contribution in [2.45, 2.75) is 37.6 Å². The number of urea groups is 1. The first-order valence-electron chi connectivity index (χ1n) is 8.61. The van der Waals surface area contributed by atoms with Crippen LogP contribution >= 0.6 is 0 Å². The number of hydrogen-bond acceptors (Lipinski definition) is 4. The molecule has 0 radical (unpaired) electrons. The van der Waals surface area contributed by atoms with E-state index in [4.69, 9.17) is 4.74 Å². The minimum absolute atomic E-state index is 0.0666. The van der Waals surface area contributed by atoms with E-state index in [1.807, 2.05) is 42.3 Å². The zero-order valence-electron chi connectivity index (χ0n) is 14.2. The standard InChI is InChI=1S/C18H25N3O3/c1-20(12-13-24-15-8-4-2-5-9-15)14-21-16(22)18(19-17(21)23)10-6-3-7-11-18/h2,4-5,8-9H,3,6-7,10-14H2,1H3,(H,19,23). The van der Waals surface area contributed by atoms with E-state index in [0.29, 0.717) is 19.8 Å². The van der Waals surface area contributed by atoms with Gasteiger partial charge in [-0.2, -0.15) is 0 Å². The summed E-state index contributed by atoms with van der Waals surface area (Å²) in [6.07, 6.45) is 4.66. The van der Waals surface area contributed by atoms with Gasteiger partial charge >= 0.3 is 6.03 Å². The summed E-state index contributed by atoms with van der Waals surface area (Å²) in [6.45, 7) is 1.44. The van der Waals surface area contributed by atoms with Crippen LogP contribution in [0.15, 0.2) is 30.3 Å². The number of imide groups is 1. The molecule has 1 saturated carbocycles. The van der Waals surface area contributed by atoms with Crippen LogP contribution in [0.5, 0.6) is 5.75 Å². The summed E-state index contributed by atoms with van der Waals surface area (Å²) < 4.78 is 5.66. The van der Waals surface area contributed by atoms with Crippen molar-refractivity contribution in [2.24, 2.45) is 0 Å². The Kier molecular flexibility index (Phi) is 5.04. The summed E-state index contributed by atoms with van der Waals surface area (Å²) in [7, 11) is 1.89. The van der Waals surface area contributed by atoms with Crippen LogP contribution in [0.3, 0.4) is 0 Å². The number of likely N-dealkylation sites (N-methyl/N-ethyl adjacent to an activating group) is 1. The topological polar surface area (TPSA) is 61.9 Å². The maximum Gasteiger partial charge on any atom is 0.326 e. The number of nitrogens with one attached hydrogen (secondary N) is 1. The normalized spacial score (nSPS) is 19.8. The molecule has 6 nitrogen and oxygen atoms in total. The first-order chi connectivity index (χ1) is 11.6. The largest absolute Gasteiger partial charge is 0.492 e. The molecule has 2 fully saturated rings. The van der Waals surface area contributed by atoms with Crippen molar-refractivity contribution in [3.05, 3.63) is 30.3 Å². The molecule has 1 aliphatic carbocycles. The molecule has 1 heterocycles. The SMILES string of the molecule is CN(CCOc1ccccc1)CN1C(=O)NC2(CCCCC2)C1=O. The predicted molar refractivity (Wildman–Crippen MR) is 90.6 cm³/mol. The van der Waals surface area contributed by atoms with Crippen LogP contribution < -0.4 is 10.1 Å². The molecule has 24 heavy (non-hydrogen) atoms. The number of benzene rings is 1. The van der Waals surface area contributed by atoms with Crippen LogP contribution in [0.25, 0.3) is 0 Å². The number of ether oxygens (including phenoxy) is 1. The van der Waals surface area contributed by atoms with Crippen molar-refractivity contribution in [3.8, 4) is 5.75 Å². The quantitative estimate of drug-likeness (QED) is 0.812. The summed E-state index contributed by atoms with van der Waals surface area (Å²) in [5.74, 6) is 0.755. The van der Waals surface area contributed by atoms with Gasteiger partial charge in [0, 0.05) is 6.54 Å². The summed E-state index contributed by atoms with van der Waals surface area (Å²) in [5.41, 5.74) is -0.642. The van der Waals surface area contributed by atoms with Gasteiger partial charge in [0.15, 0.2) is 0 Å². The second-order valence-electron chi connectivity index (χ2n) is 6.69. The van der Waals surface area contributed by atoms with E-state index in [2.05, 4.69) is 5.32 Å². The molecule has 1 aromatic carbocycles. The van der Waals surface area contributed by atoms with Gasteiger partial charge in [-0.15, -0.1) is 0 Å². The maximum atomic E-state index is 12.7. The average Bonchev–Trinajstić information content (AvgIpc) is 2.81. The minimum atomic E-state index is -0.642. The summed E-state index contributed by atoms with van der Waals surface area (Å²) in [6, 6.07) is 9.34. The molecule has 0 bridgehead atoms. The number of amides is 3. The van der Waals surface area contributed by atoms with E-state index in [1.165, 1.54) is 4.90 Å². The molecule has 1 saturated heterocycles. The summed E-state index contributed by atoms with van der Waals surface area (Å²) >= 11 is 0. The molecule has 3 rings (SSSR count). The van der Waals surface area contributed by atoms with Crippen molar-refractivity contribution in [2.75, 3.05) is 26.9 Å². The smallest absolute Gasteiger partial charge is 0.326 e. The Labute approximate surface area is 142 Å². The molecule has 1 N–H and O–H groups in total. The highest BCUT2D eigenvalue weighted by Gasteiger charge is 2.51. The number of carbonyl (C=O) groups excluding carboxylic acids is 2. The van der Waals surface area contributed by atoms with Crippen molar-refractivity contribution in [1.29, 1.82) is 0 Å². The Balaban J connectivity index is 1.49. The molecular formula is C18H25N3O3. The first kappa shape index (κ1) is 16.8. The zero-order valence-corrected chi connectivity index (χ0v) is 14.2. The number of nitrogens with zero attached hydrogens (tertiary/aromatic N) is 2. The molecule has 3 amide bonds. The fourth-order valence-electron chi connectivity index (χ4n) is 3.45. The highest BCUT2D eigenvalue weighted by atomic mass is 16.5. The van der Waals surface area contributed by atoms with E-state index >= 15 is 0 Å². The van der Waals surface area contributed by atoms with Gasteiger partial charge in [-0.3, -0.25) is 9.69 Å². The molecule has 2 aliphatic rings. The van der Waals surface area contributed by atoms with Crippen molar-refractivity contribution in [3.63, 3.8) is 0 Å². The number of carbonyl (C=O) groups is 2. The van der Waals surface area contributed by atoms with E-state index in [-0.39, 0.29) is 11.9 Å². The monoisotopic (exact) mass is 331 g/mol. The second kappa shape index (κ2) is 7.21. The predicted octanol–water partition coefficient (Wildman–Crippen LogP) is 2.21. The Morgan fingerprint density at radius 3 is 2.58 bits per heavy atom. The molecule has 1 spiro atoms. The van der Waals surface area contributed by atoms with Crippen molar-refractivity contribution >= 4 is 11.9 Å². The van der Waals surface area contributed by atoms with Gasteiger partial charge in [0.2, 0.25) is 0 Å². The molecule has 1 aromatic rings. The van der Waals surface area contributed by atoms with Gasteiger partial charge in [0.25, 0.3) is 5.91 Å². The Hall–Kier alpha value is -2.08. The lowest BCUT2D eigenvalue weighted by Gasteiger charge is -2.31. The molecule has 6 heteroatoms. The van der Waals surface area contributed by atoms with Crippen molar-refractivity contribution in [1.82, 2.24) is 15.1 Å². The van der Waals surface area contributed by atoms with Gasteiger partial charge in [-0.25, -0.2) is 9.69 Å². The Morgan fingerprint density at radius 1 is 1.17 bits per heavy atom. The van der Waals surface area contributed by atoms with Gasteiger partial charge in [-0.05, 0) is 32.0 Å². The van der Waals surface area contributed by atoms with Gasteiger partial charge in [-0.1, -0.05) is 37.5 Å². The number of hydrogen-bond donors (Lipinski definition) is 1. The highest BCUT2D eigenvalue weighted by molar-refractivity contribution is 6.07. The van der Waals surface area contributed by atoms with Crippen LogP contribution in [0.1, 0.15) is 32.1 Å². The average molecular weight is 331 g/mol. The van der Waals surface area contributed by atoms with Crippen LogP contribution in [0.2, 0.25) is 0 Å². The van der Waals surface area contributed by atoms with E-state index in [1.54, 1.807) is 0 Å².